The van der Waals surface area contributed by atoms with Crippen molar-refractivity contribution >= 4 is 21.9 Å². The number of fused-ring (bicyclic) bond motifs is 2. The molecule has 3 rings (SSSR count). The maximum absolute atomic E-state index is 11.3. The lowest BCUT2D eigenvalue weighted by molar-refractivity contribution is 0.370. The predicted octanol–water partition coefficient (Wildman–Crippen LogP) is 3.49. The van der Waals surface area contributed by atoms with Gasteiger partial charge < -0.3 is 13.6 Å². The summed E-state index contributed by atoms with van der Waals surface area (Å²) in [6, 6.07) is 6.63. The van der Waals surface area contributed by atoms with E-state index in [-0.39, 0.29) is 0 Å². The summed E-state index contributed by atoms with van der Waals surface area (Å²) in [6.07, 6.45) is 5.41. The van der Waals surface area contributed by atoms with Gasteiger partial charge in [0.15, 0.2) is 0 Å². The molecule has 0 N–H and O–H groups in total. The Morgan fingerprint density at radius 3 is 2.89 bits per heavy atom. The van der Waals surface area contributed by atoms with Gasteiger partial charge in [-0.1, -0.05) is 12.2 Å². The Labute approximate surface area is 108 Å². The predicted molar refractivity (Wildman–Crippen MR) is 72.6 cm³/mol. The normalized spacial score (nSPS) is 11.6. The van der Waals surface area contributed by atoms with Crippen LogP contribution in [0.1, 0.15) is 6.92 Å². The summed E-state index contributed by atoms with van der Waals surface area (Å²) in [5.41, 5.74) is 0.709. The maximum atomic E-state index is 11.3. The van der Waals surface area contributed by atoms with Gasteiger partial charge in [0, 0.05) is 12.1 Å². The SMILES string of the molecule is C/C=C/COc1c2ccoc2cc2oc(=O)ccc12. The molecule has 0 spiro atoms. The van der Waals surface area contributed by atoms with Gasteiger partial charge in [0.1, 0.15) is 23.5 Å². The summed E-state index contributed by atoms with van der Waals surface area (Å²) in [5, 5.41) is 1.63. The van der Waals surface area contributed by atoms with Crippen molar-refractivity contribution in [3.63, 3.8) is 0 Å². The molecule has 0 atom stereocenters. The first-order valence-corrected chi connectivity index (χ1v) is 5.97. The van der Waals surface area contributed by atoms with Crippen LogP contribution in [-0.4, -0.2) is 6.61 Å². The monoisotopic (exact) mass is 256 g/mol. The Morgan fingerprint density at radius 2 is 2.05 bits per heavy atom. The van der Waals surface area contributed by atoms with Crippen LogP contribution in [0.3, 0.4) is 0 Å². The highest BCUT2D eigenvalue weighted by Crippen LogP contribution is 2.34. The first-order chi connectivity index (χ1) is 9.29. The fraction of sp³-hybridized carbons (Fsp3) is 0.133. The molecule has 4 nitrogen and oxygen atoms in total. The van der Waals surface area contributed by atoms with E-state index in [4.69, 9.17) is 13.6 Å². The van der Waals surface area contributed by atoms with Gasteiger partial charge in [-0.25, -0.2) is 4.79 Å². The number of rotatable bonds is 3. The van der Waals surface area contributed by atoms with Gasteiger partial charge in [-0.15, -0.1) is 0 Å². The molecule has 2 aromatic heterocycles. The highest BCUT2D eigenvalue weighted by molar-refractivity contribution is 6.01. The third kappa shape index (κ3) is 2.01. The summed E-state index contributed by atoms with van der Waals surface area (Å²) >= 11 is 0. The van der Waals surface area contributed by atoms with Crippen molar-refractivity contribution in [1.82, 2.24) is 0 Å². The lowest BCUT2D eigenvalue weighted by Crippen LogP contribution is -1.98. The molecule has 2 heterocycles. The quantitative estimate of drug-likeness (QED) is 0.531. The van der Waals surface area contributed by atoms with E-state index in [9.17, 15) is 4.79 Å². The molecular weight excluding hydrogens is 244 g/mol. The molecule has 0 aliphatic rings. The number of allylic oxidation sites excluding steroid dienone is 1. The second-order valence-electron chi connectivity index (χ2n) is 4.08. The zero-order valence-electron chi connectivity index (χ0n) is 10.4. The van der Waals surface area contributed by atoms with Crippen LogP contribution < -0.4 is 10.4 Å². The minimum absolute atomic E-state index is 0.391. The van der Waals surface area contributed by atoms with Crippen LogP contribution in [0.2, 0.25) is 0 Å². The Hall–Kier alpha value is -2.49. The molecule has 0 amide bonds. The molecule has 0 aliphatic heterocycles. The van der Waals surface area contributed by atoms with Crippen molar-refractivity contribution in [3.8, 4) is 5.75 Å². The Kier molecular flexibility index (Phi) is 2.83. The molecule has 3 aromatic rings. The van der Waals surface area contributed by atoms with E-state index >= 15 is 0 Å². The molecular formula is C15H12O4. The average Bonchev–Trinajstić information content (AvgIpc) is 2.85. The van der Waals surface area contributed by atoms with Crippen LogP contribution in [0.5, 0.6) is 5.75 Å². The van der Waals surface area contributed by atoms with Gasteiger partial charge in [-0.3, -0.25) is 0 Å². The van der Waals surface area contributed by atoms with E-state index in [0.29, 0.717) is 23.5 Å². The Bertz CT molecular complexity index is 808. The first kappa shape index (κ1) is 11.6. The van der Waals surface area contributed by atoms with Gasteiger partial charge in [0.05, 0.1) is 17.0 Å². The van der Waals surface area contributed by atoms with Crippen LogP contribution in [0.25, 0.3) is 21.9 Å². The van der Waals surface area contributed by atoms with Gasteiger partial charge >= 0.3 is 5.63 Å². The van der Waals surface area contributed by atoms with Gasteiger partial charge in [-0.2, -0.15) is 0 Å². The highest BCUT2D eigenvalue weighted by atomic mass is 16.5. The summed E-state index contributed by atoms with van der Waals surface area (Å²) in [7, 11) is 0. The summed E-state index contributed by atoms with van der Waals surface area (Å²) in [6.45, 7) is 2.38. The molecule has 96 valence electrons. The van der Waals surface area contributed by atoms with Gasteiger partial charge in [0.2, 0.25) is 0 Å². The fourth-order valence-electron chi connectivity index (χ4n) is 1.99. The first-order valence-electron chi connectivity index (χ1n) is 5.97. The third-order valence-electron chi connectivity index (χ3n) is 2.87. The van der Waals surface area contributed by atoms with Crippen LogP contribution >= 0.6 is 0 Å². The highest BCUT2D eigenvalue weighted by Gasteiger charge is 2.12. The van der Waals surface area contributed by atoms with Crippen molar-refractivity contribution in [2.24, 2.45) is 0 Å². The lowest BCUT2D eigenvalue weighted by Gasteiger charge is -2.07. The Balaban J connectivity index is 2.27. The molecule has 0 fully saturated rings. The van der Waals surface area contributed by atoms with Crippen LogP contribution in [-0.2, 0) is 0 Å². The molecule has 19 heavy (non-hydrogen) atoms. The number of hydrogen-bond donors (Lipinski definition) is 0. The zero-order chi connectivity index (χ0) is 13.2. The van der Waals surface area contributed by atoms with Crippen LogP contribution in [0.15, 0.2) is 56.3 Å². The molecule has 0 unspecified atom stereocenters. The molecule has 0 saturated heterocycles. The standard InChI is InChI=1S/C15H12O4/c1-2-3-7-18-15-10-4-5-14(16)19-13(10)9-12-11(15)6-8-17-12/h2-6,8-9H,7H2,1H3/b3-2+. The molecule has 1 aromatic carbocycles. The number of benzene rings is 1. The van der Waals surface area contributed by atoms with Gasteiger partial charge in [0.25, 0.3) is 0 Å². The number of furan rings is 1. The van der Waals surface area contributed by atoms with Crippen molar-refractivity contribution in [2.45, 2.75) is 6.92 Å². The van der Waals surface area contributed by atoms with Crippen molar-refractivity contribution in [3.05, 3.63) is 53.1 Å². The molecule has 4 heteroatoms. The lowest BCUT2D eigenvalue weighted by atomic mass is 10.1. The summed E-state index contributed by atoms with van der Waals surface area (Å²) < 4.78 is 16.3. The van der Waals surface area contributed by atoms with Crippen LogP contribution in [0.4, 0.5) is 0 Å². The van der Waals surface area contributed by atoms with Crippen molar-refractivity contribution in [2.75, 3.05) is 6.61 Å². The maximum Gasteiger partial charge on any atom is 0.336 e. The summed E-state index contributed by atoms with van der Waals surface area (Å²) in [5.74, 6) is 0.670. The molecule has 0 aliphatic carbocycles. The van der Waals surface area contributed by atoms with E-state index in [1.165, 1.54) is 6.07 Å². The minimum Gasteiger partial charge on any atom is -0.488 e. The fourth-order valence-corrected chi connectivity index (χ4v) is 1.99. The summed E-state index contributed by atoms with van der Waals surface area (Å²) in [4.78, 5) is 11.3. The number of hydrogen-bond acceptors (Lipinski definition) is 4. The topological polar surface area (TPSA) is 52.6 Å². The third-order valence-corrected chi connectivity index (χ3v) is 2.87. The zero-order valence-corrected chi connectivity index (χ0v) is 10.4. The second-order valence-corrected chi connectivity index (χ2v) is 4.08. The van der Waals surface area contributed by atoms with Crippen LogP contribution in [0, 0.1) is 0 Å². The van der Waals surface area contributed by atoms with Crippen molar-refractivity contribution < 1.29 is 13.6 Å². The van der Waals surface area contributed by atoms with Crippen molar-refractivity contribution in [1.29, 1.82) is 0 Å². The van der Waals surface area contributed by atoms with E-state index in [1.54, 1.807) is 18.4 Å². The van der Waals surface area contributed by atoms with E-state index in [2.05, 4.69) is 0 Å². The Morgan fingerprint density at radius 1 is 1.21 bits per heavy atom. The second kappa shape index (κ2) is 4.65. The van der Waals surface area contributed by atoms with Gasteiger partial charge in [-0.05, 0) is 19.1 Å². The smallest absolute Gasteiger partial charge is 0.336 e. The molecule has 0 radical (unpaired) electrons. The number of ether oxygens (including phenoxy) is 1. The minimum atomic E-state index is -0.391. The molecule has 0 saturated carbocycles. The molecule has 0 bridgehead atoms. The van der Waals surface area contributed by atoms with E-state index in [1.807, 2.05) is 25.1 Å². The average molecular weight is 256 g/mol. The van der Waals surface area contributed by atoms with E-state index < -0.39 is 5.63 Å². The van der Waals surface area contributed by atoms with E-state index in [0.717, 1.165) is 10.8 Å². The largest absolute Gasteiger partial charge is 0.488 e.